The molecule has 106 valence electrons. The molecule has 0 aromatic heterocycles. The molecule has 0 atom stereocenters. The van der Waals surface area contributed by atoms with E-state index in [4.69, 9.17) is 47.4 Å². The second kappa shape index (κ2) is 49.4. The van der Waals surface area contributed by atoms with Gasteiger partial charge in [-0.3, -0.25) is 4.79 Å². The quantitative estimate of drug-likeness (QED) is 0.364. The molecule has 0 aromatic carbocycles. The molecule has 5 N–H and O–H groups in total. The van der Waals surface area contributed by atoms with Gasteiger partial charge in [0.25, 0.3) is 0 Å². The Bertz CT molecular complexity index is 138. The maximum Gasteiger partial charge on any atom is 0.169 e. The zero-order chi connectivity index (χ0) is 13.1. The van der Waals surface area contributed by atoms with Crippen LogP contribution >= 0.6 is 0 Å². The zero-order valence-corrected chi connectivity index (χ0v) is 9.89. The van der Waals surface area contributed by atoms with Crippen LogP contribution in [0.5, 0.6) is 0 Å². The number of hydrogen-bond donors (Lipinski definition) is 2. The van der Waals surface area contributed by atoms with E-state index in [2.05, 4.69) is 0 Å². The molecule has 0 bridgehead atoms. The number of hydrogen-bond acceptors (Lipinski definition) is 8. The molecule has 0 aliphatic carbocycles. The molecule has 0 fully saturated rings. The summed E-state index contributed by atoms with van der Waals surface area (Å²) in [5.41, 5.74) is 19.4. The van der Waals surface area contributed by atoms with Gasteiger partial charge in [0.1, 0.15) is 0 Å². The standard InChI is InChI=1S/C2H6N2.CH4N2O2.2HNO2.Pt.2H2/c3-1-2-4;2-1(4)3-5;2*2-1-3;;;/h3-4H,1-2H2;(H4,2,3,4,5);2*(H,2,3);;2*1H/q-2;;;;;;/p-3. The topological polar surface area (TPSA) is 226 Å². The molecule has 0 heterocycles. The van der Waals surface area contributed by atoms with E-state index in [-0.39, 0.29) is 37.0 Å². The predicted molar refractivity (Wildman–Crippen MR) is 55.6 cm³/mol. The van der Waals surface area contributed by atoms with Crippen LogP contribution < -0.4 is 5.48 Å². The number of carbonyl (C=O) groups is 1. The first kappa shape index (κ1) is 29.3. The number of amides is 2. The van der Waals surface area contributed by atoms with E-state index in [1.54, 1.807) is 0 Å². The Kier molecular flexibility index (Phi) is 90.6. The van der Waals surface area contributed by atoms with Crippen molar-refractivity contribution in [1.29, 1.82) is 0 Å². The predicted octanol–water partition coefficient (Wildman–Crippen LogP) is 2.22. The van der Waals surface area contributed by atoms with E-state index < -0.39 is 6.03 Å². The summed E-state index contributed by atoms with van der Waals surface area (Å²) in [6, 6.07) is -1.19. The molecule has 12 nitrogen and oxygen atoms in total. The molecule has 0 aliphatic heterocycles. The van der Waals surface area contributed by atoms with Crippen LogP contribution in [-0.4, -0.2) is 24.3 Å². The van der Waals surface area contributed by atoms with Crippen molar-refractivity contribution in [2.24, 2.45) is 10.7 Å². The molecule has 16 heavy (non-hydrogen) atoms. The van der Waals surface area contributed by atoms with E-state index in [1.165, 1.54) is 0 Å². The van der Waals surface area contributed by atoms with Crippen LogP contribution in [0.2, 0.25) is 0 Å². The fourth-order valence-electron chi connectivity index (χ4n) is 0. The Hall–Kier alpha value is -1.36. The van der Waals surface area contributed by atoms with Crippen molar-refractivity contribution in [2.45, 2.75) is 0 Å². The Labute approximate surface area is 107 Å². The first-order valence-corrected chi connectivity index (χ1v) is 2.87. The summed E-state index contributed by atoms with van der Waals surface area (Å²) >= 11 is 0. The van der Waals surface area contributed by atoms with Gasteiger partial charge in [0.2, 0.25) is 0 Å². The average Bonchev–Trinajstić information content (AvgIpc) is 2.20. The Morgan fingerprint density at radius 1 is 1.25 bits per heavy atom. The molecule has 0 saturated heterocycles. The van der Waals surface area contributed by atoms with E-state index >= 15 is 0 Å². The Morgan fingerprint density at radius 3 is 1.38 bits per heavy atom. The van der Waals surface area contributed by atoms with Gasteiger partial charge in [0, 0.05) is 23.9 Å². The first-order valence-electron chi connectivity index (χ1n) is 2.87. The molecule has 0 saturated carbocycles. The maximum absolute atomic E-state index is 9.12. The molecule has 13 heteroatoms. The van der Waals surface area contributed by atoms with Gasteiger partial charge in [0.15, 0.2) is 6.03 Å². The van der Waals surface area contributed by atoms with Gasteiger partial charge in [-0.15, -0.1) is 10.7 Å². The third-order valence-corrected chi connectivity index (χ3v) is 0.227. The van der Waals surface area contributed by atoms with Gasteiger partial charge in [-0.2, -0.15) is 13.1 Å². The number of rotatable bonds is 1. The smallest absolute Gasteiger partial charge is 0.169 e. The molecule has 0 radical (unpaired) electrons. The van der Waals surface area contributed by atoms with Gasteiger partial charge >= 0.3 is 0 Å². The van der Waals surface area contributed by atoms with Gasteiger partial charge in [-0.25, -0.2) is 0 Å². The summed E-state index contributed by atoms with van der Waals surface area (Å²) < 4.78 is 0. The SMILES string of the molecule is O=N[O-].O=N[O-].[HH].[HH].[NH-]C(=O)NO.[NH-]CC[NH-].[Pt]. The second-order valence-electron chi connectivity index (χ2n) is 1.09. The molecule has 0 aliphatic rings. The van der Waals surface area contributed by atoms with Crippen molar-refractivity contribution in [2.75, 3.05) is 13.1 Å². The van der Waals surface area contributed by atoms with E-state index in [0.29, 0.717) is 0 Å². The largest absolute Gasteiger partial charge is 0.679 e. The minimum Gasteiger partial charge on any atom is -0.679 e. The molecular weight excluding hydrogens is 411 g/mol. The molecule has 2 amide bonds. The zero-order valence-electron chi connectivity index (χ0n) is 7.61. The third kappa shape index (κ3) is 638. The first-order chi connectivity index (χ1) is 7.01. The van der Waals surface area contributed by atoms with Crippen LogP contribution in [0.1, 0.15) is 2.85 Å². The summed E-state index contributed by atoms with van der Waals surface area (Å²) in [6.45, 7) is 0.472. The number of nitrogens with zero attached hydrogens (tertiary/aromatic N) is 2. The summed E-state index contributed by atoms with van der Waals surface area (Å²) in [6.07, 6.45) is 0. The van der Waals surface area contributed by atoms with Gasteiger partial charge < -0.3 is 48.1 Å². The molecule has 0 unspecified atom stereocenters. The monoisotopic (exact) mass is 424 g/mol. The number of urea groups is 1. The Morgan fingerprint density at radius 2 is 1.38 bits per heavy atom. The van der Waals surface area contributed by atoms with Crippen molar-refractivity contribution < 1.29 is 33.9 Å². The van der Waals surface area contributed by atoms with Crippen LogP contribution in [0.3, 0.4) is 0 Å². The van der Waals surface area contributed by atoms with Crippen molar-refractivity contribution in [3.05, 3.63) is 37.4 Å². The van der Waals surface area contributed by atoms with E-state index in [0.717, 1.165) is 16.2 Å². The summed E-state index contributed by atoms with van der Waals surface area (Å²) in [7, 11) is 0. The van der Waals surface area contributed by atoms with Crippen molar-refractivity contribution in [1.82, 2.24) is 5.48 Å². The molecular formula is C3H13N6O6Pt-5. The van der Waals surface area contributed by atoms with Gasteiger partial charge in [-0.05, 0) is 0 Å². The normalized spacial score (nSPS) is 5.44. The fraction of sp³-hybridized carbons (Fsp3) is 0.667. The Balaban J connectivity index is -0.0000000174. The van der Waals surface area contributed by atoms with Crippen molar-refractivity contribution in [3.63, 3.8) is 0 Å². The number of hydroxylamine groups is 1. The minimum absolute atomic E-state index is 0. The van der Waals surface area contributed by atoms with Crippen LogP contribution in [-0.2, 0) is 21.1 Å². The van der Waals surface area contributed by atoms with Crippen molar-refractivity contribution in [3.8, 4) is 0 Å². The van der Waals surface area contributed by atoms with Crippen LogP contribution in [0.15, 0.2) is 10.7 Å². The minimum atomic E-state index is -1.19. The number of nitrogens with one attached hydrogen (secondary N) is 4. The average molecular weight is 424 g/mol. The van der Waals surface area contributed by atoms with Gasteiger partial charge in [-0.1, -0.05) is 0 Å². The van der Waals surface area contributed by atoms with Crippen molar-refractivity contribution >= 4 is 6.03 Å². The van der Waals surface area contributed by atoms with E-state index in [1.807, 2.05) is 0 Å². The summed E-state index contributed by atoms with van der Waals surface area (Å²) in [4.78, 5) is 25.1. The van der Waals surface area contributed by atoms with Crippen LogP contribution in [0, 0.1) is 20.2 Å². The maximum atomic E-state index is 9.12. The van der Waals surface area contributed by atoms with Gasteiger partial charge in [0.05, 0.1) is 0 Å². The molecule has 0 aromatic rings. The third-order valence-electron chi connectivity index (χ3n) is 0.227. The second-order valence-corrected chi connectivity index (χ2v) is 1.09. The fourth-order valence-corrected chi connectivity index (χ4v) is 0. The number of carbonyl (C=O) groups excluding carboxylic acids is 1. The summed E-state index contributed by atoms with van der Waals surface area (Å²) in [5, 5.41) is 25.4. The molecule has 0 spiro atoms. The summed E-state index contributed by atoms with van der Waals surface area (Å²) in [5.74, 6) is 0. The molecule has 0 rings (SSSR count). The van der Waals surface area contributed by atoms with Crippen LogP contribution in [0.4, 0.5) is 4.79 Å². The van der Waals surface area contributed by atoms with E-state index in [9.17, 15) is 0 Å². The van der Waals surface area contributed by atoms with Crippen LogP contribution in [0.25, 0.3) is 17.2 Å².